The third-order valence-electron chi connectivity index (χ3n) is 3.07. The molecule has 23 heavy (non-hydrogen) atoms. The molecule has 0 N–H and O–H groups in total. The lowest BCUT2D eigenvalue weighted by Crippen LogP contribution is -2.23. The molecule has 0 saturated carbocycles. The number of hydrogen-bond donors (Lipinski definition) is 0. The van der Waals surface area contributed by atoms with Crippen LogP contribution in [0.4, 0.5) is 0 Å². The Kier molecular flexibility index (Phi) is 6.23. The van der Waals surface area contributed by atoms with Gasteiger partial charge < -0.3 is 9.47 Å². The topological polar surface area (TPSA) is 52.6 Å². The summed E-state index contributed by atoms with van der Waals surface area (Å²) in [6.45, 7) is 11.1. The van der Waals surface area contributed by atoms with E-state index < -0.39 is 10.8 Å². The van der Waals surface area contributed by atoms with Crippen molar-refractivity contribution in [1.29, 1.82) is 0 Å². The summed E-state index contributed by atoms with van der Waals surface area (Å²) in [4.78, 5) is 23.5. The number of hydrogen-bond acceptors (Lipinski definition) is 4. The fourth-order valence-corrected chi connectivity index (χ4v) is 1.78. The molecule has 0 unspecified atom stereocenters. The first-order valence-corrected chi connectivity index (χ1v) is 7.91. The number of rotatable bonds is 4. The number of benzene rings is 1. The highest BCUT2D eigenvalue weighted by Gasteiger charge is 2.24. The summed E-state index contributed by atoms with van der Waals surface area (Å²) in [6, 6.07) is 5.30. The Morgan fingerprint density at radius 1 is 0.913 bits per heavy atom. The average molecular weight is 341 g/mol. The molecule has 5 heteroatoms. The quantitative estimate of drug-likeness (QED) is 0.756. The molecule has 128 valence electrons. The van der Waals surface area contributed by atoms with Crippen molar-refractivity contribution in [1.82, 2.24) is 0 Å². The molecule has 0 amide bonds. The second kappa shape index (κ2) is 7.35. The van der Waals surface area contributed by atoms with E-state index in [0.717, 1.165) is 11.1 Å². The molecular weight excluding hydrogens is 316 g/mol. The van der Waals surface area contributed by atoms with E-state index in [-0.39, 0.29) is 25.2 Å². The number of halogens is 1. The van der Waals surface area contributed by atoms with Gasteiger partial charge in [0.05, 0.1) is 10.8 Å². The fourth-order valence-electron chi connectivity index (χ4n) is 1.52. The molecule has 0 aromatic heterocycles. The molecule has 4 nitrogen and oxygen atoms in total. The van der Waals surface area contributed by atoms with Crippen molar-refractivity contribution in [3.63, 3.8) is 0 Å². The molecule has 0 spiro atoms. The molecular formula is C18H25ClO4. The van der Waals surface area contributed by atoms with Crippen LogP contribution in [-0.4, -0.2) is 11.9 Å². The average Bonchev–Trinajstić information content (AvgIpc) is 2.41. The SMILES string of the molecule is CC(C)(C)C(=O)OCc1ccc(COC(=O)C(C)(C)C)c(Cl)c1. The maximum absolute atomic E-state index is 11.8. The molecule has 1 aromatic rings. The maximum atomic E-state index is 11.8. The van der Waals surface area contributed by atoms with Crippen LogP contribution in [0.2, 0.25) is 5.02 Å². The minimum atomic E-state index is -0.548. The zero-order chi connectivity index (χ0) is 17.8. The Labute approximate surface area is 143 Å². The van der Waals surface area contributed by atoms with E-state index in [0.29, 0.717) is 5.02 Å². The van der Waals surface area contributed by atoms with Gasteiger partial charge in [0.15, 0.2) is 0 Å². The van der Waals surface area contributed by atoms with Gasteiger partial charge in [-0.1, -0.05) is 23.7 Å². The van der Waals surface area contributed by atoms with Crippen molar-refractivity contribution in [3.05, 3.63) is 34.3 Å². The zero-order valence-corrected chi connectivity index (χ0v) is 15.4. The van der Waals surface area contributed by atoms with Gasteiger partial charge in [0, 0.05) is 10.6 Å². The molecule has 0 bridgehead atoms. The Morgan fingerprint density at radius 2 is 1.39 bits per heavy atom. The Hall–Kier alpha value is -1.55. The largest absolute Gasteiger partial charge is 0.460 e. The van der Waals surface area contributed by atoms with Crippen LogP contribution in [0.25, 0.3) is 0 Å². The van der Waals surface area contributed by atoms with Crippen molar-refractivity contribution in [2.24, 2.45) is 10.8 Å². The van der Waals surface area contributed by atoms with Crippen LogP contribution in [-0.2, 0) is 32.3 Å². The summed E-state index contributed by atoms with van der Waals surface area (Å²) < 4.78 is 10.5. The second-order valence-corrected chi connectivity index (χ2v) is 7.99. The second-order valence-electron chi connectivity index (χ2n) is 7.58. The summed E-state index contributed by atoms with van der Waals surface area (Å²) >= 11 is 6.20. The molecule has 0 aliphatic rings. The van der Waals surface area contributed by atoms with Crippen molar-refractivity contribution in [3.8, 4) is 0 Å². The summed E-state index contributed by atoms with van der Waals surface area (Å²) in [5, 5.41) is 0.482. The summed E-state index contributed by atoms with van der Waals surface area (Å²) in [5.41, 5.74) is 0.423. The monoisotopic (exact) mass is 340 g/mol. The van der Waals surface area contributed by atoms with Gasteiger partial charge in [-0.05, 0) is 53.2 Å². The molecule has 0 fully saturated rings. The van der Waals surface area contributed by atoms with Crippen molar-refractivity contribution >= 4 is 23.5 Å². The maximum Gasteiger partial charge on any atom is 0.311 e. The molecule has 1 aromatic carbocycles. The Bertz CT molecular complexity index is 580. The van der Waals surface area contributed by atoms with Gasteiger partial charge in [-0.3, -0.25) is 9.59 Å². The third kappa shape index (κ3) is 6.22. The summed E-state index contributed by atoms with van der Waals surface area (Å²) in [7, 11) is 0. The molecule has 0 saturated heterocycles. The Morgan fingerprint density at radius 3 is 1.83 bits per heavy atom. The zero-order valence-electron chi connectivity index (χ0n) is 14.7. The van der Waals surface area contributed by atoms with Gasteiger partial charge in [-0.2, -0.15) is 0 Å². The van der Waals surface area contributed by atoms with Crippen LogP contribution < -0.4 is 0 Å². The molecule has 0 radical (unpaired) electrons. The van der Waals surface area contributed by atoms with Crippen molar-refractivity contribution < 1.29 is 19.1 Å². The minimum Gasteiger partial charge on any atom is -0.460 e. The first-order valence-electron chi connectivity index (χ1n) is 7.53. The highest BCUT2D eigenvalue weighted by atomic mass is 35.5. The lowest BCUT2D eigenvalue weighted by atomic mass is 9.97. The van der Waals surface area contributed by atoms with E-state index in [1.165, 1.54) is 0 Å². The van der Waals surface area contributed by atoms with E-state index in [1.807, 2.05) is 6.07 Å². The van der Waals surface area contributed by atoms with Crippen LogP contribution >= 0.6 is 11.6 Å². The smallest absolute Gasteiger partial charge is 0.311 e. The lowest BCUT2D eigenvalue weighted by molar-refractivity contribution is -0.155. The fraction of sp³-hybridized carbons (Fsp3) is 0.556. The third-order valence-corrected chi connectivity index (χ3v) is 3.42. The molecule has 0 aliphatic heterocycles. The van der Waals surface area contributed by atoms with E-state index in [9.17, 15) is 9.59 Å². The van der Waals surface area contributed by atoms with E-state index in [1.54, 1.807) is 53.7 Å². The number of esters is 2. The van der Waals surface area contributed by atoms with Gasteiger partial charge in [0.25, 0.3) is 0 Å². The van der Waals surface area contributed by atoms with Gasteiger partial charge in [0.1, 0.15) is 13.2 Å². The van der Waals surface area contributed by atoms with Crippen LogP contribution in [0, 0.1) is 10.8 Å². The normalized spacial score (nSPS) is 12.0. The van der Waals surface area contributed by atoms with Gasteiger partial charge in [0.2, 0.25) is 0 Å². The molecule has 0 atom stereocenters. The van der Waals surface area contributed by atoms with E-state index in [2.05, 4.69) is 0 Å². The molecule has 1 rings (SSSR count). The molecule has 0 heterocycles. The van der Waals surface area contributed by atoms with Gasteiger partial charge >= 0.3 is 11.9 Å². The van der Waals surface area contributed by atoms with Crippen LogP contribution in [0.5, 0.6) is 0 Å². The van der Waals surface area contributed by atoms with Crippen LogP contribution in [0.15, 0.2) is 18.2 Å². The highest BCUT2D eigenvalue weighted by molar-refractivity contribution is 6.31. The first kappa shape index (κ1) is 19.5. The van der Waals surface area contributed by atoms with Gasteiger partial charge in [-0.15, -0.1) is 0 Å². The Balaban J connectivity index is 2.65. The van der Waals surface area contributed by atoms with Crippen LogP contribution in [0.3, 0.4) is 0 Å². The van der Waals surface area contributed by atoms with Gasteiger partial charge in [-0.25, -0.2) is 0 Å². The highest BCUT2D eigenvalue weighted by Crippen LogP contribution is 2.23. The van der Waals surface area contributed by atoms with Crippen molar-refractivity contribution in [2.75, 3.05) is 0 Å². The van der Waals surface area contributed by atoms with Crippen LogP contribution in [0.1, 0.15) is 52.7 Å². The van der Waals surface area contributed by atoms with E-state index >= 15 is 0 Å². The summed E-state index contributed by atoms with van der Waals surface area (Å²) in [5.74, 6) is -0.548. The predicted octanol–water partition coefficient (Wildman–Crippen LogP) is 4.52. The van der Waals surface area contributed by atoms with Crippen molar-refractivity contribution in [2.45, 2.75) is 54.8 Å². The summed E-state index contributed by atoms with van der Waals surface area (Å²) in [6.07, 6.45) is 0. The lowest BCUT2D eigenvalue weighted by Gasteiger charge is -2.18. The number of carbonyl (C=O) groups excluding carboxylic acids is 2. The predicted molar refractivity (Wildman–Crippen MR) is 90.0 cm³/mol. The minimum absolute atomic E-state index is 0.122. The first-order chi connectivity index (χ1) is 10.4. The number of ether oxygens (including phenoxy) is 2. The standard InChI is InChI=1S/C18H25ClO4/c1-17(2,3)15(20)22-10-12-7-8-13(14(19)9-12)11-23-16(21)18(4,5)6/h7-9H,10-11H2,1-6H3. The van der Waals surface area contributed by atoms with E-state index in [4.69, 9.17) is 21.1 Å². The molecule has 0 aliphatic carbocycles. The number of carbonyl (C=O) groups is 2.